The summed E-state index contributed by atoms with van der Waals surface area (Å²) in [6.07, 6.45) is 10.7. The molecule has 0 saturated heterocycles. The summed E-state index contributed by atoms with van der Waals surface area (Å²) >= 11 is 0. The molecule has 0 saturated carbocycles. The first-order valence-corrected chi connectivity index (χ1v) is 8.61. The molecule has 0 bridgehead atoms. The van der Waals surface area contributed by atoms with Crippen molar-refractivity contribution in [2.24, 2.45) is 5.92 Å². The highest BCUT2D eigenvalue weighted by Gasteiger charge is 2.07. The fourth-order valence-electron chi connectivity index (χ4n) is 1.77. The van der Waals surface area contributed by atoms with Gasteiger partial charge >= 0.3 is 11.9 Å². The molecule has 0 aromatic carbocycles. The fraction of sp³-hybridized carbons (Fsp3) is 0.684. The Morgan fingerprint density at radius 3 is 2.22 bits per heavy atom. The fourth-order valence-corrected chi connectivity index (χ4v) is 1.77. The van der Waals surface area contributed by atoms with Gasteiger partial charge in [0.05, 0.1) is 6.61 Å². The van der Waals surface area contributed by atoms with Crippen molar-refractivity contribution in [3.8, 4) is 0 Å². The van der Waals surface area contributed by atoms with Crippen molar-refractivity contribution in [2.75, 3.05) is 6.61 Å². The molecule has 0 rings (SSSR count). The highest BCUT2D eigenvalue weighted by molar-refractivity contribution is 5.85. The molecular formula is C19H34O4. The summed E-state index contributed by atoms with van der Waals surface area (Å²) in [4.78, 5) is 21.0. The van der Waals surface area contributed by atoms with Gasteiger partial charge in [0, 0.05) is 11.6 Å². The standard InChI is InChI=1S/C11H20O2.C8H14O2/c1-4-7-8-10(5-2)9-13-11(12)6-3;1-3-4-5-6-7(2)8(9)10/h6,10H,3-5,7-9H2,1-2H3;6H,3-5H2,1-2H3,(H,9,10). The minimum Gasteiger partial charge on any atom is -0.478 e. The van der Waals surface area contributed by atoms with E-state index < -0.39 is 5.97 Å². The summed E-state index contributed by atoms with van der Waals surface area (Å²) in [6.45, 7) is 11.9. The molecule has 4 nitrogen and oxygen atoms in total. The second kappa shape index (κ2) is 16.8. The zero-order chi connectivity index (χ0) is 18.1. The van der Waals surface area contributed by atoms with E-state index in [0.717, 1.165) is 32.1 Å². The van der Waals surface area contributed by atoms with E-state index in [1.165, 1.54) is 18.9 Å². The van der Waals surface area contributed by atoms with Gasteiger partial charge in [0.2, 0.25) is 0 Å². The van der Waals surface area contributed by atoms with Crippen LogP contribution in [0.4, 0.5) is 0 Å². The Balaban J connectivity index is 0. The van der Waals surface area contributed by atoms with E-state index in [1.807, 2.05) is 0 Å². The largest absolute Gasteiger partial charge is 0.478 e. The number of hydrogen-bond donors (Lipinski definition) is 1. The maximum atomic E-state index is 10.8. The molecule has 0 aliphatic carbocycles. The molecule has 0 heterocycles. The van der Waals surface area contributed by atoms with Crippen molar-refractivity contribution < 1.29 is 19.4 Å². The number of carboxylic acids is 1. The number of carbonyl (C=O) groups excluding carboxylic acids is 1. The Kier molecular flexibility index (Phi) is 17.3. The SMILES string of the molecule is C=CC(=O)OCC(CC)CCCC.CCCCC=C(C)C(=O)O. The first-order chi connectivity index (χ1) is 10.9. The molecule has 1 atom stereocenters. The van der Waals surface area contributed by atoms with Crippen LogP contribution in [-0.2, 0) is 14.3 Å². The van der Waals surface area contributed by atoms with Gasteiger partial charge in [-0.3, -0.25) is 0 Å². The average Bonchev–Trinajstić information content (AvgIpc) is 2.55. The van der Waals surface area contributed by atoms with Crippen LogP contribution < -0.4 is 0 Å². The molecule has 0 aromatic rings. The normalized spacial score (nSPS) is 11.9. The maximum Gasteiger partial charge on any atom is 0.330 e. The predicted octanol–water partition coefficient (Wildman–Crippen LogP) is 5.14. The van der Waals surface area contributed by atoms with Gasteiger partial charge < -0.3 is 9.84 Å². The first kappa shape index (κ1) is 23.7. The second-order valence-electron chi connectivity index (χ2n) is 5.59. The molecule has 4 heteroatoms. The topological polar surface area (TPSA) is 63.6 Å². The van der Waals surface area contributed by atoms with Crippen LogP contribution in [0.1, 0.15) is 72.6 Å². The van der Waals surface area contributed by atoms with Gasteiger partial charge in [0.15, 0.2) is 0 Å². The lowest BCUT2D eigenvalue weighted by Gasteiger charge is -2.13. The van der Waals surface area contributed by atoms with Crippen molar-refractivity contribution in [2.45, 2.75) is 72.6 Å². The number of allylic oxidation sites excluding steroid dienone is 1. The summed E-state index contributed by atoms with van der Waals surface area (Å²) in [5.74, 6) is -0.602. The highest BCUT2D eigenvalue weighted by Crippen LogP contribution is 2.12. The zero-order valence-electron chi connectivity index (χ0n) is 15.3. The van der Waals surface area contributed by atoms with Gasteiger partial charge in [-0.1, -0.05) is 65.5 Å². The molecule has 1 unspecified atom stereocenters. The van der Waals surface area contributed by atoms with Crippen molar-refractivity contribution in [1.29, 1.82) is 0 Å². The Morgan fingerprint density at radius 2 is 1.78 bits per heavy atom. The maximum absolute atomic E-state index is 10.8. The number of unbranched alkanes of at least 4 members (excludes halogenated alkanes) is 3. The van der Waals surface area contributed by atoms with Crippen LogP contribution >= 0.6 is 0 Å². The third-order valence-corrected chi connectivity index (χ3v) is 3.52. The predicted molar refractivity (Wildman–Crippen MR) is 95.4 cm³/mol. The smallest absolute Gasteiger partial charge is 0.330 e. The lowest BCUT2D eigenvalue weighted by molar-refractivity contribution is -0.139. The summed E-state index contributed by atoms with van der Waals surface area (Å²) in [6, 6.07) is 0. The summed E-state index contributed by atoms with van der Waals surface area (Å²) in [5, 5.41) is 8.41. The number of aliphatic carboxylic acids is 1. The minimum atomic E-state index is -0.809. The first-order valence-electron chi connectivity index (χ1n) is 8.61. The second-order valence-corrected chi connectivity index (χ2v) is 5.59. The van der Waals surface area contributed by atoms with Crippen LogP contribution in [0.5, 0.6) is 0 Å². The Hall–Kier alpha value is -1.58. The lowest BCUT2D eigenvalue weighted by atomic mass is 10.0. The Bertz CT molecular complexity index is 358. The van der Waals surface area contributed by atoms with E-state index in [1.54, 1.807) is 13.0 Å². The van der Waals surface area contributed by atoms with E-state index in [4.69, 9.17) is 9.84 Å². The molecule has 0 aliphatic rings. The molecule has 1 N–H and O–H groups in total. The number of ether oxygens (including phenoxy) is 1. The molecule has 0 radical (unpaired) electrons. The van der Waals surface area contributed by atoms with Crippen molar-refractivity contribution in [1.82, 2.24) is 0 Å². The Labute approximate surface area is 141 Å². The van der Waals surface area contributed by atoms with Crippen molar-refractivity contribution in [3.63, 3.8) is 0 Å². The molecule has 0 amide bonds. The van der Waals surface area contributed by atoms with Crippen LogP contribution in [0.25, 0.3) is 0 Å². The molecule has 0 fully saturated rings. The van der Waals surface area contributed by atoms with Crippen LogP contribution in [0.15, 0.2) is 24.3 Å². The van der Waals surface area contributed by atoms with Gasteiger partial charge in [-0.2, -0.15) is 0 Å². The molecular weight excluding hydrogens is 292 g/mol. The van der Waals surface area contributed by atoms with Crippen LogP contribution in [0, 0.1) is 5.92 Å². The number of carbonyl (C=O) groups is 2. The summed E-state index contributed by atoms with van der Waals surface area (Å²) < 4.78 is 4.98. The van der Waals surface area contributed by atoms with Gasteiger partial charge in [-0.25, -0.2) is 9.59 Å². The van der Waals surface area contributed by atoms with E-state index in [-0.39, 0.29) is 5.97 Å². The van der Waals surface area contributed by atoms with E-state index in [9.17, 15) is 9.59 Å². The van der Waals surface area contributed by atoms with Crippen LogP contribution in [0.3, 0.4) is 0 Å². The molecule has 23 heavy (non-hydrogen) atoms. The van der Waals surface area contributed by atoms with Crippen molar-refractivity contribution >= 4 is 11.9 Å². The van der Waals surface area contributed by atoms with Gasteiger partial charge in [0.1, 0.15) is 0 Å². The highest BCUT2D eigenvalue weighted by atomic mass is 16.5. The molecule has 134 valence electrons. The third kappa shape index (κ3) is 16.6. The third-order valence-electron chi connectivity index (χ3n) is 3.52. The molecule has 0 aromatic heterocycles. The summed E-state index contributed by atoms with van der Waals surface area (Å²) in [7, 11) is 0. The van der Waals surface area contributed by atoms with E-state index >= 15 is 0 Å². The molecule has 0 spiro atoms. The monoisotopic (exact) mass is 326 g/mol. The van der Waals surface area contributed by atoms with E-state index in [0.29, 0.717) is 18.1 Å². The van der Waals surface area contributed by atoms with E-state index in [2.05, 4.69) is 27.4 Å². The van der Waals surface area contributed by atoms with Gasteiger partial charge in [-0.05, 0) is 25.7 Å². The zero-order valence-corrected chi connectivity index (χ0v) is 15.3. The molecule has 0 aliphatic heterocycles. The number of rotatable bonds is 11. The quantitative estimate of drug-likeness (QED) is 0.324. The van der Waals surface area contributed by atoms with Crippen LogP contribution in [-0.4, -0.2) is 23.7 Å². The van der Waals surface area contributed by atoms with Crippen molar-refractivity contribution in [3.05, 3.63) is 24.3 Å². The Morgan fingerprint density at radius 1 is 1.17 bits per heavy atom. The van der Waals surface area contributed by atoms with Gasteiger partial charge in [-0.15, -0.1) is 0 Å². The number of esters is 1. The van der Waals surface area contributed by atoms with Gasteiger partial charge in [0.25, 0.3) is 0 Å². The van der Waals surface area contributed by atoms with Crippen LogP contribution in [0.2, 0.25) is 0 Å². The summed E-state index contributed by atoms with van der Waals surface area (Å²) in [5.41, 5.74) is 0.452. The number of carboxylic acid groups (broad SMARTS) is 1. The minimum absolute atomic E-state index is 0.310. The number of hydrogen-bond acceptors (Lipinski definition) is 3. The lowest BCUT2D eigenvalue weighted by Crippen LogP contribution is -2.12. The average molecular weight is 326 g/mol.